The number of aryl methyl sites for hydroxylation is 3. The maximum Gasteiger partial charge on any atom is 0.409 e. The molecule has 11 heteroatoms. The number of benzene rings is 2. The van der Waals surface area contributed by atoms with Crippen LogP contribution in [0.5, 0.6) is 0 Å². The number of likely N-dealkylation sites (tertiary alicyclic amines) is 1. The molecule has 0 aliphatic carbocycles. The summed E-state index contributed by atoms with van der Waals surface area (Å²) in [4.78, 5) is 38.9. The van der Waals surface area contributed by atoms with Crippen molar-refractivity contribution in [3.8, 4) is 0 Å². The van der Waals surface area contributed by atoms with Crippen molar-refractivity contribution in [2.75, 3.05) is 36.9 Å². The number of hydrogen-bond donors (Lipinski definition) is 2. The molecule has 2 amide bonds. The van der Waals surface area contributed by atoms with Gasteiger partial charge in [-0.25, -0.2) is 14.5 Å². The fourth-order valence-corrected chi connectivity index (χ4v) is 6.23. The Morgan fingerprint density at radius 3 is 2.53 bits per heavy atom. The summed E-state index contributed by atoms with van der Waals surface area (Å²) < 4.78 is 7.11. The number of aromatic nitrogens is 4. The smallest absolute Gasteiger partial charge is 0.409 e. The highest BCUT2D eigenvalue weighted by Crippen LogP contribution is 2.30. The van der Waals surface area contributed by atoms with E-state index in [1.165, 1.54) is 5.56 Å². The first-order chi connectivity index (χ1) is 21.8. The molecule has 0 radical (unpaired) electrons. The molecule has 11 nitrogen and oxygen atoms in total. The Morgan fingerprint density at radius 2 is 1.78 bits per heavy atom. The van der Waals surface area contributed by atoms with Gasteiger partial charge < -0.3 is 25.2 Å². The normalized spacial score (nSPS) is 15.2. The quantitative estimate of drug-likeness (QED) is 0.233. The fraction of sp³-hybridized carbons (Fsp3) is 0.441. The molecule has 2 aliphatic heterocycles. The molecule has 4 heterocycles. The van der Waals surface area contributed by atoms with Gasteiger partial charge in [-0.2, -0.15) is 10.1 Å². The summed E-state index contributed by atoms with van der Waals surface area (Å²) in [6, 6.07) is 12.4. The van der Waals surface area contributed by atoms with Crippen LogP contribution in [0.15, 0.2) is 42.6 Å². The van der Waals surface area contributed by atoms with Gasteiger partial charge in [0.1, 0.15) is 0 Å². The van der Waals surface area contributed by atoms with Crippen molar-refractivity contribution >= 4 is 46.2 Å². The Kier molecular flexibility index (Phi) is 8.86. The first-order valence-electron chi connectivity index (χ1n) is 15.9. The van der Waals surface area contributed by atoms with E-state index in [4.69, 9.17) is 9.72 Å². The maximum absolute atomic E-state index is 13.5. The number of unbranched alkanes of at least 4 members (excludes halogenated alkanes) is 1. The van der Waals surface area contributed by atoms with E-state index in [2.05, 4.69) is 65.8 Å². The number of para-hydroxylation sites is 1. The fourth-order valence-electron chi connectivity index (χ4n) is 6.23. The highest BCUT2D eigenvalue weighted by atomic mass is 16.6. The van der Waals surface area contributed by atoms with Gasteiger partial charge in [0, 0.05) is 56.7 Å². The summed E-state index contributed by atoms with van der Waals surface area (Å²) in [6.45, 7) is 9.06. The zero-order valence-corrected chi connectivity index (χ0v) is 26.6. The number of nitrogens with one attached hydrogen (secondary N) is 2. The summed E-state index contributed by atoms with van der Waals surface area (Å²) in [5, 5.41) is 12.3. The van der Waals surface area contributed by atoms with E-state index in [9.17, 15) is 9.59 Å². The van der Waals surface area contributed by atoms with Crippen LogP contribution in [0.2, 0.25) is 0 Å². The van der Waals surface area contributed by atoms with Gasteiger partial charge in [0.15, 0.2) is 11.5 Å². The lowest BCUT2D eigenvalue weighted by Gasteiger charge is -2.36. The third kappa shape index (κ3) is 6.57. The molecule has 236 valence electrons. The Morgan fingerprint density at radius 1 is 1.00 bits per heavy atom. The highest BCUT2D eigenvalue weighted by molar-refractivity contribution is 5.90. The second-order valence-corrected chi connectivity index (χ2v) is 12.1. The standard InChI is InChI=1S/C34H42N8O3/c1-5-6-18-45-34(44)41-15-13-25(14-16-41)32(43)42-17-12-24-10-11-27(19-26(24)21-42)36-33-35-20-28-30(39-40(4)31(28)38-33)37-29-22(2)8-7-9-23(29)3/h7-11,19-20,25H,5-6,12-18,21H2,1-4H3,(H,37,39)(H,35,36,38). The lowest BCUT2D eigenvalue weighted by atomic mass is 9.93. The number of anilines is 4. The van der Waals surface area contributed by atoms with Crippen LogP contribution in [0.3, 0.4) is 0 Å². The van der Waals surface area contributed by atoms with Gasteiger partial charge in [-0.3, -0.25) is 4.79 Å². The van der Waals surface area contributed by atoms with E-state index < -0.39 is 0 Å². The second kappa shape index (κ2) is 13.1. The van der Waals surface area contributed by atoms with Crippen molar-refractivity contribution in [1.29, 1.82) is 0 Å². The largest absolute Gasteiger partial charge is 0.449 e. The van der Waals surface area contributed by atoms with Crippen molar-refractivity contribution < 1.29 is 14.3 Å². The molecule has 2 aromatic heterocycles. The van der Waals surface area contributed by atoms with Crippen LogP contribution >= 0.6 is 0 Å². The van der Waals surface area contributed by atoms with Crippen LogP contribution in [-0.2, 0) is 29.5 Å². The van der Waals surface area contributed by atoms with E-state index in [-0.39, 0.29) is 17.9 Å². The number of fused-ring (bicyclic) bond motifs is 2. The minimum Gasteiger partial charge on any atom is -0.449 e. The van der Waals surface area contributed by atoms with E-state index in [1.807, 2.05) is 24.1 Å². The SMILES string of the molecule is CCCCOC(=O)N1CCC(C(=O)N2CCc3ccc(Nc4ncc5c(Nc6c(C)cccc6C)nn(C)c5n4)cc3C2)CC1. The molecule has 0 atom stereocenters. The van der Waals surface area contributed by atoms with E-state index in [0.29, 0.717) is 57.4 Å². The number of amides is 2. The predicted octanol–water partition coefficient (Wildman–Crippen LogP) is 6.00. The molecule has 2 N–H and O–H groups in total. The zero-order valence-electron chi connectivity index (χ0n) is 26.6. The molecule has 0 unspecified atom stereocenters. The first kappa shape index (κ1) is 30.4. The molecule has 45 heavy (non-hydrogen) atoms. The van der Waals surface area contributed by atoms with Crippen LogP contribution in [0, 0.1) is 19.8 Å². The number of ether oxygens (including phenoxy) is 1. The molecular weight excluding hydrogens is 568 g/mol. The molecule has 2 aromatic carbocycles. The molecular formula is C34H42N8O3. The van der Waals surface area contributed by atoms with Gasteiger partial charge in [0.25, 0.3) is 0 Å². The zero-order chi connectivity index (χ0) is 31.5. The third-order valence-corrected chi connectivity index (χ3v) is 8.92. The average molecular weight is 611 g/mol. The number of hydrogen-bond acceptors (Lipinski definition) is 8. The van der Waals surface area contributed by atoms with Gasteiger partial charge in [-0.05, 0) is 73.9 Å². The monoisotopic (exact) mass is 610 g/mol. The van der Waals surface area contributed by atoms with Crippen molar-refractivity contribution in [3.63, 3.8) is 0 Å². The number of piperidine rings is 1. The van der Waals surface area contributed by atoms with Gasteiger partial charge >= 0.3 is 6.09 Å². The molecule has 6 rings (SSSR count). The van der Waals surface area contributed by atoms with E-state index in [0.717, 1.165) is 58.4 Å². The second-order valence-electron chi connectivity index (χ2n) is 12.1. The molecule has 0 spiro atoms. The van der Waals surface area contributed by atoms with Gasteiger partial charge in [0.2, 0.25) is 11.9 Å². The molecule has 1 fully saturated rings. The number of nitrogens with zero attached hydrogens (tertiary/aromatic N) is 6. The first-order valence-corrected chi connectivity index (χ1v) is 15.9. The lowest BCUT2D eigenvalue weighted by Crippen LogP contribution is -2.45. The average Bonchev–Trinajstić information content (AvgIpc) is 3.36. The number of rotatable bonds is 8. The minimum absolute atomic E-state index is 0.0688. The Balaban J connectivity index is 1.10. The Bertz CT molecular complexity index is 1690. The summed E-state index contributed by atoms with van der Waals surface area (Å²) in [5.74, 6) is 1.30. The molecule has 1 saturated heterocycles. The number of carbonyl (C=O) groups excluding carboxylic acids is 2. The van der Waals surface area contributed by atoms with E-state index >= 15 is 0 Å². The van der Waals surface area contributed by atoms with Crippen LogP contribution in [-0.4, -0.2) is 67.8 Å². The van der Waals surface area contributed by atoms with Gasteiger partial charge in [-0.15, -0.1) is 0 Å². The van der Waals surface area contributed by atoms with Crippen LogP contribution in [0.1, 0.15) is 54.9 Å². The van der Waals surface area contributed by atoms with Crippen molar-refractivity contribution in [2.24, 2.45) is 13.0 Å². The van der Waals surface area contributed by atoms with Crippen molar-refractivity contribution in [2.45, 2.75) is 59.4 Å². The molecule has 2 aliphatic rings. The van der Waals surface area contributed by atoms with Crippen LogP contribution < -0.4 is 10.6 Å². The Labute approximate surface area is 264 Å². The highest BCUT2D eigenvalue weighted by Gasteiger charge is 2.32. The van der Waals surface area contributed by atoms with Gasteiger partial charge in [0.05, 0.1) is 12.0 Å². The summed E-state index contributed by atoms with van der Waals surface area (Å²) in [5.41, 5.74) is 7.29. The molecule has 0 saturated carbocycles. The Hall–Kier alpha value is -4.67. The maximum atomic E-state index is 13.5. The summed E-state index contributed by atoms with van der Waals surface area (Å²) in [7, 11) is 1.88. The minimum atomic E-state index is -0.262. The molecule has 4 aromatic rings. The third-order valence-electron chi connectivity index (χ3n) is 8.92. The van der Waals surface area contributed by atoms with Crippen LogP contribution in [0.4, 0.5) is 27.9 Å². The summed E-state index contributed by atoms with van der Waals surface area (Å²) in [6.07, 6.45) is 5.55. The topological polar surface area (TPSA) is 118 Å². The number of carbonyl (C=O) groups is 2. The predicted molar refractivity (Wildman–Crippen MR) is 175 cm³/mol. The van der Waals surface area contributed by atoms with Crippen LogP contribution in [0.25, 0.3) is 11.0 Å². The van der Waals surface area contributed by atoms with E-state index in [1.54, 1.807) is 15.8 Å². The van der Waals surface area contributed by atoms with Crippen molar-refractivity contribution in [3.05, 3.63) is 64.8 Å². The summed E-state index contributed by atoms with van der Waals surface area (Å²) >= 11 is 0. The van der Waals surface area contributed by atoms with Gasteiger partial charge in [-0.1, -0.05) is 37.6 Å². The molecule has 0 bridgehead atoms. The van der Waals surface area contributed by atoms with Crippen molar-refractivity contribution in [1.82, 2.24) is 29.5 Å². The lowest BCUT2D eigenvalue weighted by molar-refractivity contribution is -0.138.